The zero-order valence-electron chi connectivity index (χ0n) is 12.9. The lowest BCUT2D eigenvalue weighted by molar-refractivity contribution is 0.102. The summed E-state index contributed by atoms with van der Waals surface area (Å²) in [5, 5.41) is 2.72. The molecule has 2 heterocycles. The zero-order chi connectivity index (χ0) is 15.6. The molecular weight excluding hydrogens is 266 g/mol. The maximum absolute atomic E-state index is 12.4. The molecule has 0 aliphatic rings. The van der Waals surface area contributed by atoms with E-state index in [1.165, 1.54) is 6.07 Å². The first-order chi connectivity index (χ1) is 9.97. The maximum Gasteiger partial charge on any atom is 0.257 e. The summed E-state index contributed by atoms with van der Waals surface area (Å²) in [5.41, 5.74) is 2.70. The van der Waals surface area contributed by atoms with Gasteiger partial charge >= 0.3 is 0 Å². The molecule has 112 valence electrons. The molecule has 5 nitrogen and oxygen atoms in total. The Balaban J connectivity index is 2.32. The van der Waals surface area contributed by atoms with E-state index in [2.05, 4.69) is 9.88 Å². The number of hydrogen-bond acceptors (Lipinski definition) is 2. The molecule has 0 aliphatic heterocycles. The van der Waals surface area contributed by atoms with Crippen LogP contribution in [0, 0.1) is 13.8 Å². The first-order valence-corrected chi connectivity index (χ1v) is 7.16. The molecule has 0 fully saturated rings. The van der Waals surface area contributed by atoms with Crippen molar-refractivity contribution in [1.82, 2.24) is 9.13 Å². The summed E-state index contributed by atoms with van der Waals surface area (Å²) in [6, 6.07) is 3.32. The highest BCUT2D eigenvalue weighted by Gasteiger charge is 2.16. The van der Waals surface area contributed by atoms with Gasteiger partial charge in [0.05, 0.1) is 5.56 Å². The van der Waals surface area contributed by atoms with Gasteiger partial charge < -0.3 is 14.5 Å². The molecule has 1 N–H and O–H groups in total. The molecule has 0 atom stereocenters. The molecule has 0 spiro atoms. The molecule has 5 heteroatoms. The molecule has 0 aliphatic carbocycles. The molecule has 21 heavy (non-hydrogen) atoms. The van der Waals surface area contributed by atoms with Crippen molar-refractivity contribution in [2.75, 3.05) is 5.32 Å². The second-order valence-electron chi connectivity index (χ2n) is 5.04. The van der Waals surface area contributed by atoms with E-state index in [1.54, 1.807) is 12.4 Å². The van der Waals surface area contributed by atoms with Crippen molar-refractivity contribution in [3.8, 4) is 0 Å². The van der Waals surface area contributed by atoms with Gasteiger partial charge in [0.25, 0.3) is 5.91 Å². The van der Waals surface area contributed by atoms with Crippen LogP contribution in [0.5, 0.6) is 0 Å². The van der Waals surface area contributed by atoms with Crippen molar-refractivity contribution in [3.63, 3.8) is 0 Å². The smallest absolute Gasteiger partial charge is 0.257 e. The number of carbonyl (C=O) groups is 1. The molecule has 2 aromatic rings. The Morgan fingerprint density at radius 1 is 1.24 bits per heavy atom. The fourth-order valence-corrected chi connectivity index (χ4v) is 2.52. The molecule has 0 aromatic carbocycles. The van der Waals surface area contributed by atoms with E-state index in [9.17, 15) is 9.59 Å². The number of carbonyl (C=O) groups excluding carboxylic acids is 1. The summed E-state index contributed by atoms with van der Waals surface area (Å²) in [6.45, 7) is 9.47. The molecule has 0 saturated heterocycles. The van der Waals surface area contributed by atoms with Gasteiger partial charge in [-0.15, -0.1) is 0 Å². The highest BCUT2D eigenvalue weighted by Crippen LogP contribution is 2.16. The maximum atomic E-state index is 12.4. The Morgan fingerprint density at radius 2 is 1.95 bits per heavy atom. The van der Waals surface area contributed by atoms with Gasteiger partial charge in [0.2, 0.25) is 5.43 Å². The van der Waals surface area contributed by atoms with E-state index < -0.39 is 0 Å². The predicted molar refractivity (Wildman–Crippen MR) is 83.9 cm³/mol. The fourth-order valence-electron chi connectivity index (χ4n) is 2.52. The van der Waals surface area contributed by atoms with Gasteiger partial charge in [0.1, 0.15) is 5.69 Å². The molecule has 0 saturated carbocycles. The Labute approximate surface area is 124 Å². The fraction of sp³-hybridized carbons (Fsp3) is 0.375. The van der Waals surface area contributed by atoms with E-state index in [0.29, 0.717) is 11.3 Å². The summed E-state index contributed by atoms with van der Waals surface area (Å²) < 4.78 is 3.93. The van der Waals surface area contributed by atoms with Gasteiger partial charge in [0, 0.05) is 42.9 Å². The average molecular weight is 287 g/mol. The first-order valence-electron chi connectivity index (χ1n) is 7.16. The van der Waals surface area contributed by atoms with Crippen molar-refractivity contribution >= 4 is 11.6 Å². The molecule has 0 bridgehead atoms. The lowest BCUT2D eigenvalue weighted by Crippen LogP contribution is -2.20. The summed E-state index contributed by atoms with van der Waals surface area (Å²) in [7, 11) is 0. The van der Waals surface area contributed by atoms with E-state index >= 15 is 0 Å². The van der Waals surface area contributed by atoms with E-state index in [-0.39, 0.29) is 11.3 Å². The number of nitrogens with zero attached hydrogens (tertiary/aromatic N) is 2. The second-order valence-corrected chi connectivity index (χ2v) is 5.04. The van der Waals surface area contributed by atoms with Gasteiger partial charge in [-0.05, 0) is 33.8 Å². The van der Waals surface area contributed by atoms with Crippen LogP contribution in [0.25, 0.3) is 0 Å². The zero-order valence-corrected chi connectivity index (χ0v) is 12.9. The third-order valence-electron chi connectivity index (χ3n) is 3.73. The lowest BCUT2D eigenvalue weighted by Gasteiger charge is -2.08. The van der Waals surface area contributed by atoms with Gasteiger partial charge in [-0.25, -0.2) is 0 Å². The predicted octanol–water partition coefficient (Wildman–Crippen LogP) is 2.56. The average Bonchev–Trinajstić information content (AvgIpc) is 2.75. The standard InChI is InChI=1S/C16H21N3O2/c1-5-18-8-7-15(20)14(10-18)17-16(21)13-9-11(3)19(6-2)12(13)4/h7-10H,5-6H2,1-4H3,(H,17,21). The van der Waals surface area contributed by atoms with Crippen molar-refractivity contribution < 1.29 is 4.79 Å². The second kappa shape index (κ2) is 5.99. The Hall–Kier alpha value is -2.30. The van der Waals surface area contributed by atoms with Crippen LogP contribution in [0.1, 0.15) is 35.6 Å². The van der Waals surface area contributed by atoms with Crippen molar-refractivity contribution in [2.24, 2.45) is 0 Å². The summed E-state index contributed by atoms with van der Waals surface area (Å²) in [5.74, 6) is -0.242. The van der Waals surface area contributed by atoms with Gasteiger partial charge in [-0.2, -0.15) is 0 Å². The summed E-state index contributed by atoms with van der Waals surface area (Å²) >= 11 is 0. The third-order valence-corrected chi connectivity index (χ3v) is 3.73. The minimum Gasteiger partial charge on any atom is -0.352 e. The highest BCUT2D eigenvalue weighted by atomic mass is 16.2. The van der Waals surface area contributed by atoms with Crippen LogP contribution >= 0.6 is 0 Å². The SMILES string of the molecule is CCn1ccc(=O)c(NC(=O)c2cc(C)n(CC)c2C)c1. The lowest BCUT2D eigenvalue weighted by atomic mass is 10.2. The first kappa shape index (κ1) is 15.1. The number of anilines is 1. The van der Waals surface area contributed by atoms with E-state index in [0.717, 1.165) is 24.5 Å². The monoisotopic (exact) mass is 287 g/mol. The Morgan fingerprint density at radius 3 is 2.52 bits per heavy atom. The third kappa shape index (κ3) is 2.91. The van der Waals surface area contributed by atoms with Crippen LogP contribution in [0.2, 0.25) is 0 Å². The van der Waals surface area contributed by atoms with Gasteiger partial charge in [-0.1, -0.05) is 0 Å². The molecule has 2 rings (SSSR count). The van der Waals surface area contributed by atoms with Crippen LogP contribution in [0.3, 0.4) is 0 Å². The van der Waals surface area contributed by atoms with Crippen LogP contribution in [-0.4, -0.2) is 15.0 Å². The normalized spacial score (nSPS) is 10.7. The molecule has 0 radical (unpaired) electrons. The largest absolute Gasteiger partial charge is 0.352 e. The highest BCUT2D eigenvalue weighted by molar-refractivity contribution is 6.05. The molecule has 1 amide bonds. The topological polar surface area (TPSA) is 56.0 Å². The van der Waals surface area contributed by atoms with Gasteiger partial charge in [-0.3, -0.25) is 9.59 Å². The van der Waals surface area contributed by atoms with Crippen molar-refractivity contribution in [3.05, 3.63) is 51.7 Å². The van der Waals surface area contributed by atoms with Crippen LogP contribution in [0.4, 0.5) is 5.69 Å². The number of nitrogens with one attached hydrogen (secondary N) is 1. The number of hydrogen-bond donors (Lipinski definition) is 1. The van der Waals surface area contributed by atoms with Crippen LogP contribution in [-0.2, 0) is 13.1 Å². The summed E-state index contributed by atoms with van der Waals surface area (Å²) in [6.07, 6.45) is 3.38. The van der Waals surface area contributed by atoms with Crippen LogP contribution in [0.15, 0.2) is 29.3 Å². The Bertz CT molecular complexity index is 726. The minimum atomic E-state index is -0.242. The summed E-state index contributed by atoms with van der Waals surface area (Å²) in [4.78, 5) is 24.2. The van der Waals surface area contributed by atoms with Crippen LogP contribution < -0.4 is 10.7 Å². The molecular formula is C16H21N3O2. The number of aryl methyl sites for hydroxylation is 2. The number of rotatable bonds is 4. The van der Waals surface area contributed by atoms with E-state index in [1.807, 2.05) is 38.3 Å². The van der Waals surface area contributed by atoms with Crippen molar-refractivity contribution in [1.29, 1.82) is 0 Å². The number of pyridine rings is 1. The number of aromatic nitrogens is 2. The van der Waals surface area contributed by atoms with E-state index in [4.69, 9.17) is 0 Å². The minimum absolute atomic E-state index is 0.183. The van der Waals surface area contributed by atoms with Crippen molar-refractivity contribution in [2.45, 2.75) is 40.8 Å². The van der Waals surface area contributed by atoms with Gasteiger partial charge in [0.15, 0.2) is 0 Å². The quantitative estimate of drug-likeness (QED) is 0.939. The molecule has 2 aromatic heterocycles. The molecule has 0 unspecified atom stereocenters. The Kier molecular flexibility index (Phi) is 4.31. The number of amides is 1.